The van der Waals surface area contributed by atoms with Crippen LogP contribution in [0.2, 0.25) is 0 Å². The third-order valence-corrected chi connectivity index (χ3v) is 4.89. The van der Waals surface area contributed by atoms with E-state index in [4.69, 9.17) is 0 Å². The molecule has 1 atom stereocenters. The zero-order valence-electron chi connectivity index (χ0n) is 11.4. The molecule has 0 radical (unpaired) electrons. The highest BCUT2D eigenvalue weighted by Crippen LogP contribution is 2.33. The minimum Gasteiger partial charge on any atom is -0.311 e. The molecular weight excluding hydrogens is 216 g/mol. The van der Waals surface area contributed by atoms with Gasteiger partial charge in [-0.1, -0.05) is 27.7 Å². The zero-order chi connectivity index (χ0) is 12.0. The molecule has 1 aliphatic heterocycles. The molecular formula is C13H28N2S. The molecule has 0 aromatic rings. The Balaban J connectivity index is 2.25. The van der Waals surface area contributed by atoms with Crippen LogP contribution in [0.1, 0.15) is 34.1 Å². The summed E-state index contributed by atoms with van der Waals surface area (Å²) in [6.45, 7) is 13.9. The van der Waals surface area contributed by atoms with Gasteiger partial charge in [0.15, 0.2) is 0 Å². The number of hydrogen-bond donors (Lipinski definition) is 1. The Morgan fingerprint density at radius 1 is 1.31 bits per heavy atom. The maximum absolute atomic E-state index is 3.75. The first kappa shape index (κ1) is 14.3. The van der Waals surface area contributed by atoms with Gasteiger partial charge in [0.2, 0.25) is 0 Å². The van der Waals surface area contributed by atoms with E-state index in [0.29, 0.717) is 11.5 Å². The summed E-state index contributed by atoms with van der Waals surface area (Å²) in [6, 6.07) is 0.696. The third kappa shape index (κ3) is 4.27. The Bertz CT molecular complexity index is 190. The molecule has 0 saturated carbocycles. The lowest BCUT2D eigenvalue weighted by molar-refractivity contribution is 0.229. The molecule has 1 aliphatic rings. The van der Waals surface area contributed by atoms with Gasteiger partial charge >= 0.3 is 0 Å². The van der Waals surface area contributed by atoms with Crippen LogP contribution in [0.3, 0.4) is 0 Å². The lowest BCUT2D eigenvalue weighted by Crippen LogP contribution is -2.48. The molecule has 1 rings (SSSR count). The van der Waals surface area contributed by atoms with Crippen LogP contribution in [0.5, 0.6) is 0 Å². The fraction of sp³-hybridized carbons (Fsp3) is 1.00. The van der Waals surface area contributed by atoms with Gasteiger partial charge in [0.1, 0.15) is 0 Å². The topological polar surface area (TPSA) is 15.3 Å². The van der Waals surface area contributed by atoms with E-state index in [1.54, 1.807) is 0 Å². The standard InChI is InChI=1S/C13H28N2S/c1-5-15(6-2)9-8-14-12-11-16-10-7-13(12,3)4/h12,14H,5-11H2,1-4H3. The molecule has 1 heterocycles. The molecule has 3 heteroatoms. The smallest absolute Gasteiger partial charge is 0.0210 e. The first-order chi connectivity index (χ1) is 7.60. The lowest BCUT2D eigenvalue weighted by Gasteiger charge is -2.39. The van der Waals surface area contributed by atoms with Gasteiger partial charge in [0.25, 0.3) is 0 Å². The monoisotopic (exact) mass is 244 g/mol. The minimum atomic E-state index is 0.481. The maximum atomic E-state index is 3.75. The predicted octanol–water partition coefficient (Wildman–Crippen LogP) is 2.45. The van der Waals surface area contributed by atoms with Crippen molar-refractivity contribution in [3.63, 3.8) is 0 Å². The predicted molar refractivity (Wildman–Crippen MR) is 75.3 cm³/mol. The van der Waals surface area contributed by atoms with Crippen molar-refractivity contribution in [1.82, 2.24) is 10.2 Å². The normalized spacial score (nSPS) is 24.9. The maximum Gasteiger partial charge on any atom is 0.0210 e. The number of nitrogens with zero attached hydrogens (tertiary/aromatic N) is 1. The number of likely N-dealkylation sites (N-methyl/N-ethyl adjacent to an activating group) is 1. The lowest BCUT2D eigenvalue weighted by atomic mass is 9.82. The molecule has 0 amide bonds. The quantitative estimate of drug-likeness (QED) is 0.772. The summed E-state index contributed by atoms with van der Waals surface area (Å²) in [5.74, 6) is 2.62. The van der Waals surface area contributed by atoms with Gasteiger partial charge in [0.05, 0.1) is 0 Å². The molecule has 0 aromatic carbocycles. The molecule has 0 bridgehead atoms. The first-order valence-corrected chi connectivity index (χ1v) is 7.79. The Labute approximate surface area is 106 Å². The average molecular weight is 244 g/mol. The summed E-state index contributed by atoms with van der Waals surface area (Å²) in [4.78, 5) is 2.48. The van der Waals surface area contributed by atoms with Gasteiger partial charge in [-0.15, -0.1) is 0 Å². The summed E-state index contributed by atoms with van der Waals surface area (Å²) in [5, 5.41) is 3.75. The van der Waals surface area contributed by atoms with Gasteiger partial charge in [-0.05, 0) is 30.7 Å². The SMILES string of the molecule is CCN(CC)CCNC1CSCCC1(C)C. The molecule has 1 N–H and O–H groups in total. The van der Waals surface area contributed by atoms with Crippen molar-refractivity contribution in [3.05, 3.63) is 0 Å². The molecule has 1 unspecified atom stereocenters. The summed E-state index contributed by atoms with van der Waals surface area (Å²) in [6.07, 6.45) is 1.35. The van der Waals surface area contributed by atoms with Crippen molar-refractivity contribution in [3.8, 4) is 0 Å². The van der Waals surface area contributed by atoms with Crippen LogP contribution >= 0.6 is 11.8 Å². The Morgan fingerprint density at radius 3 is 2.56 bits per heavy atom. The highest BCUT2D eigenvalue weighted by Gasteiger charge is 2.31. The van der Waals surface area contributed by atoms with Crippen LogP contribution in [0, 0.1) is 5.41 Å². The first-order valence-electron chi connectivity index (χ1n) is 6.63. The van der Waals surface area contributed by atoms with Crippen LogP contribution in [0.25, 0.3) is 0 Å². The van der Waals surface area contributed by atoms with E-state index in [1.165, 1.54) is 37.6 Å². The van der Waals surface area contributed by atoms with Crippen LogP contribution in [0.15, 0.2) is 0 Å². The Morgan fingerprint density at radius 2 is 2.00 bits per heavy atom. The Hall–Kier alpha value is 0.270. The summed E-state index contributed by atoms with van der Waals surface area (Å²) < 4.78 is 0. The van der Waals surface area contributed by atoms with E-state index in [0.717, 1.165) is 6.54 Å². The number of rotatable bonds is 6. The van der Waals surface area contributed by atoms with Crippen LogP contribution < -0.4 is 5.32 Å². The molecule has 2 nitrogen and oxygen atoms in total. The van der Waals surface area contributed by atoms with Gasteiger partial charge in [-0.3, -0.25) is 0 Å². The molecule has 0 spiro atoms. The fourth-order valence-electron chi connectivity index (χ4n) is 2.21. The van der Waals surface area contributed by atoms with E-state index in [1.807, 2.05) is 0 Å². The largest absolute Gasteiger partial charge is 0.311 e. The van der Waals surface area contributed by atoms with Crippen molar-refractivity contribution in [2.75, 3.05) is 37.7 Å². The second-order valence-electron chi connectivity index (χ2n) is 5.35. The van der Waals surface area contributed by atoms with Crippen molar-refractivity contribution >= 4 is 11.8 Å². The summed E-state index contributed by atoms with van der Waals surface area (Å²) in [5.41, 5.74) is 0.481. The van der Waals surface area contributed by atoms with Crippen molar-refractivity contribution in [1.29, 1.82) is 0 Å². The molecule has 96 valence electrons. The van der Waals surface area contributed by atoms with Gasteiger partial charge < -0.3 is 10.2 Å². The number of thioether (sulfide) groups is 1. The highest BCUT2D eigenvalue weighted by atomic mass is 32.2. The van der Waals surface area contributed by atoms with E-state index < -0.39 is 0 Å². The van der Waals surface area contributed by atoms with Crippen molar-refractivity contribution in [2.45, 2.75) is 40.2 Å². The fourth-order valence-corrected chi connectivity index (χ4v) is 3.85. The molecule has 16 heavy (non-hydrogen) atoms. The second-order valence-corrected chi connectivity index (χ2v) is 6.50. The average Bonchev–Trinajstić information content (AvgIpc) is 2.26. The summed E-state index contributed by atoms with van der Waals surface area (Å²) >= 11 is 2.10. The highest BCUT2D eigenvalue weighted by molar-refractivity contribution is 7.99. The van der Waals surface area contributed by atoms with E-state index in [2.05, 4.69) is 49.7 Å². The van der Waals surface area contributed by atoms with Gasteiger partial charge in [-0.2, -0.15) is 11.8 Å². The van der Waals surface area contributed by atoms with Crippen molar-refractivity contribution < 1.29 is 0 Å². The van der Waals surface area contributed by atoms with Crippen LogP contribution in [0.4, 0.5) is 0 Å². The van der Waals surface area contributed by atoms with E-state index in [9.17, 15) is 0 Å². The molecule has 0 aromatic heterocycles. The third-order valence-electron chi connectivity index (χ3n) is 3.83. The van der Waals surface area contributed by atoms with E-state index in [-0.39, 0.29) is 0 Å². The number of nitrogens with one attached hydrogen (secondary N) is 1. The van der Waals surface area contributed by atoms with Crippen molar-refractivity contribution in [2.24, 2.45) is 5.41 Å². The second kappa shape index (κ2) is 6.87. The molecule has 1 fully saturated rings. The van der Waals surface area contributed by atoms with Crippen LogP contribution in [-0.2, 0) is 0 Å². The van der Waals surface area contributed by atoms with E-state index >= 15 is 0 Å². The zero-order valence-corrected chi connectivity index (χ0v) is 12.2. The van der Waals surface area contributed by atoms with Crippen LogP contribution in [-0.4, -0.2) is 48.6 Å². The van der Waals surface area contributed by atoms with Gasteiger partial charge in [0, 0.05) is 24.9 Å². The summed E-state index contributed by atoms with van der Waals surface area (Å²) in [7, 11) is 0. The van der Waals surface area contributed by atoms with Gasteiger partial charge in [-0.25, -0.2) is 0 Å². The minimum absolute atomic E-state index is 0.481. The number of hydrogen-bond acceptors (Lipinski definition) is 3. The molecule has 0 aliphatic carbocycles. The Kier molecular flexibility index (Phi) is 6.16. The molecule has 1 saturated heterocycles.